The molecule has 0 unspecified atom stereocenters. The molecule has 0 aliphatic heterocycles. The number of carbonyl (C=O) groups is 1. The Balaban J connectivity index is 1.52. The van der Waals surface area contributed by atoms with Gasteiger partial charge in [-0.3, -0.25) is 4.79 Å². The van der Waals surface area contributed by atoms with Gasteiger partial charge in [0.05, 0.1) is 23.8 Å². The Labute approximate surface area is 232 Å². The molecular weight excluding hydrogens is 514 g/mol. The summed E-state index contributed by atoms with van der Waals surface area (Å²) in [4.78, 5) is 16.8. The number of halogens is 1. The van der Waals surface area contributed by atoms with Crippen LogP contribution < -0.4 is 10.1 Å². The summed E-state index contributed by atoms with van der Waals surface area (Å²) in [6.45, 7) is 0.422. The number of amides is 1. The first-order valence-electron chi connectivity index (χ1n) is 12.8. The molecule has 0 bridgehead atoms. The zero-order valence-corrected chi connectivity index (χ0v) is 23.1. The largest absolute Gasteiger partial charge is 0.496 e. The van der Waals surface area contributed by atoms with Gasteiger partial charge in [-0.05, 0) is 74.2 Å². The van der Waals surface area contributed by atoms with Gasteiger partial charge in [0.1, 0.15) is 10.6 Å². The lowest BCUT2D eigenvalue weighted by molar-refractivity contribution is 0.0604. The summed E-state index contributed by atoms with van der Waals surface area (Å²) in [5.41, 5.74) is 3.58. The van der Waals surface area contributed by atoms with Crippen molar-refractivity contribution in [3.05, 3.63) is 87.8 Å². The lowest BCUT2D eigenvalue weighted by Gasteiger charge is -2.37. The van der Waals surface area contributed by atoms with Crippen molar-refractivity contribution in [2.45, 2.75) is 44.3 Å². The quantitative estimate of drug-likeness (QED) is 0.266. The van der Waals surface area contributed by atoms with Crippen molar-refractivity contribution < 1.29 is 9.53 Å². The molecule has 0 radical (unpaired) electrons. The fraction of sp³-hybridized carbons (Fsp3) is 0.290. The normalized spacial score (nSPS) is 17.2. The van der Waals surface area contributed by atoms with Crippen molar-refractivity contribution >= 4 is 38.9 Å². The van der Waals surface area contributed by atoms with Gasteiger partial charge in [0.25, 0.3) is 5.91 Å². The molecule has 38 heavy (non-hydrogen) atoms. The Hall–Kier alpha value is -3.37. The summed E-state index contributed by atoms with van der Waals surface area (Å²) >= 11 is 8.24. The lowest BCUT2D eigenvalue weighted by Crippen LogP contribution is -2.44. The number of fused-ring (bicyclic) bond motifs is 1. The third kappa shape index (κ3) is 5.28. The molecule has 3 aromatic carbocycles. The molecule has 0 atom stereocenters. The fourth-order valence-electron chi connectivity index (χ4n) is 5.33. The highest BCUT2D eigenvalue weighted by Crippen LogP contribution is 2.38. The number of ether oxygens (including phenoxy) is 1. The molecule has 1 aliphatic carbocycles. The monoisotopic (exact) mass is 543 g/mol. The van der Waals surface area contributed by atoms with Crippen LogP contribution in [0.2, 0.25) is 5.02 Å². The van der Waals surface area contributed by atoms with E-state index in [0.717, 1.165) is 58.2 Å². The van der Waals surface area contributed by atoms with E-state index >= 15 is 0 Å². The summed E-state index contributed by atoms with van der Waals surface area (Å²) in [7, 11) is 3.66. The van der Waals surface area contributed by atoms with E-state index in [1.807, 2.05) is 72.6 Å². The van der Waals surface area contributed by atoms with Crippen LogP contribution in [0.3, 0.4) is 0 Å². The van der Waals surface area contributed by atoms with E-state index < -0.39 is 0 Å². The Morgan fingerprint density at radius 2 is 1.79 bits per heavy atom. The van der Waals surface area contributed by atoms with Crippen molar-refractivity contribution in [1.82, 2.24) is 10.2 Å². The first-order valence-corrected chi connectivity index (χ1v) is 14.0. The lowest BCUT2D eigenvalue weighted by atomic mass is 9.89. The number of carbonyl (C=O) groups excluding carboxylic acids is 1. The van der Waals surface area contributed by atoms with E-state index in [1.165, 1.54) is 11.3 Å². The summed E-state index contributed by atoms with van der Waals surface area (Å²) in [6, 6.07) is 24.2. The smallest absolute Gasteiger partial charge is 0.266 e. The van der Waals surface area contributed by atoms with Gasteiger partial charge >= 0.3 is 0 Å². The van der Waals surface area contributed by atoms with Gasteiger partial charge in [0.15, 0.2) is 0 Å². The highest BCUT2D eigenvalue weighted by molar-refractivity contribution is 7.21. The van der Waals surface area contributed by atoms with Crippen molar-refractivity contribution in [3.8, 4) is 22.9 Å². The molecule has 194 valence electrons. The van der Waals surface area contributed by atoms with Crippen LogP contribution in [0.4, 0.5) is 0 Å². The van der Waals surface area contributed by atoms with Gasteiger partial charge < -0.3 is 15.0 Å². The Morgan fingerprint density at radius 1 is 1.08 bits per heavy atom. The van der Waals surface area contributed by atoms with Gasteiger partial charge in [0, 0.05) is 34.3 Å². The van der Waals surface area contributed by atoms with Gasteiger partial charge in [0.2, 0.25) is 0 Å². The van der Waals surface area contributed by atoms with Gasteiger partial charge in [-0.1, -0.05) is 48.0 Å². The van der Waals surface area contributed by atoms with Gasteiger partial charge in [-0.25, -0.2) is 0 Å². The molecular formula is C31H30ClN3O2S. The number of methoxy groups -OCH3 is 1. The molecule has 1 heterocycles. The zero-order valence-electron chi connectivity index (χ0n) is 21.5. The van der Waals surface area contributed by atoms with Crippen molar-refractivity contribution in [1.29, 1.82) is 5.26 Å². The second kappa shape index (κ2) is 11.6. The zero-order chi connectivity index (χ0) is 26.6. The van der Waals surface area contributed by atoms with Crippen molar-refractivity contribution in [2.75, 3.05) is 14.2 Å². The second-order valence-electron chi connectivity index (χ2n) is 9.68. The van der Waals surface area contributed by atoms with E-state index in [-0.39, 0.29) is 11.9 Å². The number of thiophene rings is 1. The number of nitrogens with one attached hydrogen (secondary N) is 1. The maximum atomic E-state index is 14.2. The Bertz CT molecular complexity index is 1480. The van der Waals surface area contributed by atoms with Crippen LogP contribution in [0.25, 0.3) is 21.2 Å². The van der Waals surface area contributed by atoms with Crippen LogP contribution in [-0.2, 0) is 6.54 Å². The summed E-state index contributed by atoms with van der Waals surface area (Å²) in [6.07, 6.45) is 3.90. The maximum absolute atomic E-state index is 14.2. The number of benzene rings is 3. The summed E-state index contributed by atoms with van der Waals surface area (Å²) in [5, 5.41) is 14.0. The van der Waals surface area contributed by atoms with E-state index in [1.54, 1.807) is 7.11 Å². The molecule has 4 aromatic rings. The molecule has 1 N–H and O–H groups in total. The summed E-state index contributed by atoms with van der Waals surface area (Å²) < 4.78 is 6.75. The number of nitriles is 1. The molecule has 5 nitrogen and oxygen atoms in total. The fourth-order valence-corrected chi connectivity index (χ4v) is 6.80. The second-order valence-corrected chi connectivity index (χ2v) is 11.1. The minimum Gasteiger partial charge on any atom is -0.496 e. The predicted molar refractivity (Wildman–Crippen MR) is 155 cm³/mol. The predicted octanol–water partition coefficient (Wildman–Crippen LogP) is 7.27. The first kappa shape index (κ1) is 26.2. The number of hydrogen-bond acceptors (Lipinski definition) is 5. The summed E-state index contributed by atoms with van der Waals surface area (Å²) in [5.74, 6) is 0.710. The average molecular weight is 544 g/mol. The standard InChI is InChI=1S/C31H30ClN3O2S/c1-34-24-12-14-25(15-13-24)35(31(36)30-29(32)26-5-3-4-6-28(26)38-30)19-23-17-22(11-16-27(23)37-2)21-9-7-20(18-33)8-10-21/h3-11,16-17,24-25,34H,12-15,19H2,1-2H3/t24-,25+. The molecule has 1 amide bonds. The highest BCUT2D eigenvalue weighted by atomic mass is 35.5. The molecule has 1 aliphatic rings. The number of hydrogen-bond donors (Lipinski definition) is 1. The average Bonchev–Trinajstić information content (AvgIpc) is 3.32. The molecule has 1 saturated carbocycles. The maximum Gasteiger partial charge on any atom is 0.266 e. The van der Waals surface area contributed by atoms with Crippen LogP contribution in [0.15, 0.2) is 66.7 Å². The molecule has 0 saturated heterocycles. The third-order valence-corrected chi connectivity index (χ3v) is 9.17. The minimum atomic E-state index is -0.0325. The van der Waals surface area contributed by atoms with Crippen molar-refractivity contribution in [2.24, 2.45) is 0 Å². The first-order chi connectivity index (χ1) is 18.5. The highest BCUT2D eigenvalue weighted by Gasteiger charge is 2.32. The van der Waals surface area contributed by atoms with Crippen LogP contribution in [-0.4, -0.2) is 37.0 Å². The van der Waals surface area contributed by atoms with E-state index in [2.05, 4.69) is 17.5 Å². The van der Waals surface area contributed by atoms with E-state index in [4.69, 9.17) is 21.6 Å². The number of nitrogens with zero attached hydrogens (tertiary/aromatic N) is 2. The Morgan fingerprint density at radius 3 is 2.45 bits per heavy atom. The van der Waals surface area contributed by atoms with Gasteiger partial charge in [-0.15, -0.1) is 11.3 Å². The van der Waals surface area contributed by atoms with Crippen LogP contribution in [0.1, 0.15) is 46.5 Å². The molecule has 1 aromatic heterocycles. The van der Waals surface area contributed by atoms with Crippen LogP contribution in [0.5, 0.6) is 5.75 Å². The Kier molecular flexibility index (Phi) is 7.99. The topological polar surface area (TPSA) is 65.4 Å². The van der Waals surface area contributed by atoms with Crippen LogP contribution >= 0.6 is 22.9 Å². The SMILES string of the molecule is CN[C@H]1CC[C@@H](N(Cc2cc(-c3ccc(C#N)cc3)ccc2OC)C(=O)c2sc3ccccc3c2Cl)CC1. The van der Waals surface area contributed by atoms with E-state index in [0.29, 0.717) is 28.0 Å². The van der Waals surface area contributed by atoms with Crippen LogP contribution in [0, 0.1) is 11.3 Å². The molecule has 0 spiro atoms. The third-order valence-electron chi connectivity index (χ3n) is 7.50. The minimum absolute atomic E-state index is 0.0325. The van der Waals surface area contributed by atoms with E-state index in [9.17, 15) is 4.79 Å². The molecule has 1 fully saturated rings. The molecule has 5 rings (SSSR count). The molecule has 7 heteroatoms. The van der Waals surface area contributed by atoms with Gasteiger partial charge in [-0.2, -0.15) is 5.26 Å². The van der Waals surface area contributed by atoms with Crippen molar-refractivity contribution in [3.63, 3.8) is 0 Å². The number of rotatable bonds is 7.